The third-order valence-electron chi connectivity index (χ3n) is 4.23. The Morgan fingerprint density at radius 2 is 1.83 bits per heavy atom. The maximum absolute atomic E-state index is 13.1. The molecule has 2 aromatic rings. The molecule has 2 amide bonds. The number of ether oxygens (including phenoxy) is 2. The summed E-state index contributed by atoms with van der Waals surface area (Å²) in [4.78, 5) is 26.6. The van der Waals surface area contributed by atoms with Crippen LogP contribution >= 0.6 is 0 Å². The number of rotatable bonds is 9. The monoisotopic (exact) mass is 402 g/mol. The van der Waals surface area contributed by atoms with Crippen LogP contribution in [0.4, 0.5) is 0 Å². The third kappa shape index (κ3) is 6.27. The van der Waals surface area contributed by atoms with Gasteiger partial charge in [-0.1, -0.05) is 0 Å². The summed E-state index contributed by atoms with van der Waals surface area (Å²) < 4.78 is 16.5. The average molecular weight is 402 g/mol. The van der Waals surface area contributed by atoms with Crippen molar-refractivity contribution < 1.29 is 23.5 Å². The van der Waals surface area contributed by atoms with E-state index in [4.69, 9.17) is 13.9 Å². The van der Waals surface area contributed by atoms with Gasteiger partial charge in [0.05, 0.1) is 13.7 Å². The highest BCUT2D eigenvalue weighted by molar-refractivity contribution is 5.95. The molecule has 0 aliphatic heterocycles. The van der Waals surface area contributed by atoms with E-state index in [1.165, 1.54) is 7.11 Å². The van der Waals surface area contributed by atoms with Gasteiger partial charge in [0, 0.05) is 17.6 Å². The Labute approximate surface area is 172 Å². The number of nitrogens with zero attached hydrogens (tertiary/aromatic N) is 1. The number of nitrogens with one attached hydrogen (secondary N) is 1. The van der Waals surface area contributed by atoms with Crippen LogP contribution in [-0.4, -0.2) is 42.5 Å². The summed E-state index contributed by atoms with van der Waals surface area (Å²) in [6.07, 6.45) is 0. The Morgan fingerprint density at radius 3 is 2.38 bits per heavy atom. The number of benzene rings is 1. The summed E-state index contributed by atoms with van der Waals surface area (Å²) in [7, 11) is 1.50. The van der Waals surface area contributed by atoms with Crippen molar-refractivity contribution in [1.82, 2.24) is 10.2 Å². The van der Waals surface area contributed by atoms with Gasteiger partial charge in [-0.05, 0) is 65.0 Å². The molecule has 1 N–H and O–H groups in total. The van der Waals surface area contributed by atoms with Crippen molar-refractivity contribution in [2.45, 2.75) is 53.2 Å². The number of amides is 2. The minimum absolute atomic E-state index is 0.0189. The molecule has 2 rings (SSSR count). The fourth-order valence-corrected chi connectivity index (χ4v) is 2.82. The number of hydrogen-bond acceptors (Lipinski definition) is 5. The quantitative estimate of drug-likeness (QED) is 0.694. The van der Waals surface area contributed by atoms with Crippen molar-refractivity contribution in [3.05, 3.63) is 47.4 Å². The molecule has 0 atom stereocenters. The molecule has 1 aromatic carbocycles. The van der Waals surface area contributed by atoms with E-state index in [1.54, 1.807) is 23.1 Å². The van der Waals surface area contributed by atoms with Gasteiger partial charge in [-0.2, -0.15) is 0 Å². The molecular weight excluding hydrogens is 372 g/mol. The first kappa shape index (κ1) is 22.3. The minimum atomic E-state index is -0.220. The fourth-order valence-electron chi connectivity index (χ4n) is 2.82. The molecule has 1 heterocycles. The lowest BCUT2D eigenvalue weighted by molar-refractivity contribution is -0.123. The molecule has 0 spiro atoms. The molecule has 7 nitrogen and oxygen atoms in total. The molecule has 0 saturated heterocycles. The second-order valence-corrected chi connectivity index (χ2v) is 7.42. The molecule has 0 aliphatic carbocycles. The topological polar surface area (TPSA) is 81.0 Å². The van der Waals surface area contributed by atoms with Crippen LogP contribution in [0.1, 0.15) is 49.6 Å². The van der Waals surface area contributed by atoms with E-state index < -0.39 is 0 Å². The SMILES string of the molecule is COc1cc(C(=O)N(Cc2ccc(C)o2)C(C)C)ccc1OCC(=O)NC(C)C. The first-order valence-electron chi connectivity index (χ1n) is 9.67. The van der Waals surface area contributed by atoms with Crippen LogP contribution < -0.4 is 14.8 Å². The zero-order valence-corrected chi connectivity index (χ0v) is 17.9. The van der Waals surface area contributed by atoms with Gasteiger partial charge in [-0.25, -0.2) is 0 Å². The molecule has 0 radical (unpaired) electrons. The highest BCUT2D eigenvalue weighted by Crippen LogP contribution is 2.29. The van der Waals surface area contributed by atoms with Crippen molar-refractivity contribution in [1.29, 1.82) is 0 Å². The molecule has 0 fully saturated rings. The zero-order chi connectivity index (χ0) is 21.6. The van der Waals surface area contributed by atoms with E-state index in [1.807, 2.05) is 46.8 Å². The Balaban J connectivity index is 2.15. The van der Waals surface area contributed by atoms with Gasteiger partial charge in [0.15, 0.2) is 18.1 Å². The highest BCUT2D eigenvalue weighted by atomic mass is 16.5. The van der Waals surface area contributed by atoms with Crippen LogP contribution in [0.15, 0.2) is 34.7 Å². The van der Waals surface area contributed by atoms with E-state index in [0.29, 0.717) is 23.6 Å². The van der Waals surface area contributed by atoms with E-state index in [2.05, 4.69) is 5.32 Å². The normalized spacial score (nSPS) is 10.9. The predicted octanol–water partition coefficient (Wildman–Crippen LogP) is 3.55. The largest absolute Gasteiger partial charge is 0.493 e. The van der Waals surface area contributed by atoms with Crippen molar-refractivity contribution in [2.24, 2.45) is 0 Å². The summed E-state index contributed by atoms with van der Waals surface area (Å²) in [5, 5.41) is 2.76. The van der Waals surface area contributed by atoms with Gasteiger partial charge in [0.1, 0.15) is 11.5 Å². The van der Waals surface area contributed by atoms with Crippen molar-refractivity contribution in [2.75, 3.05) is 13.7 Å². The number of aryl methyl sites for hydroxylation is 1. The summed E-state index contributed by atoms with van der Waals surface area (Å²) in [6.45, 7) is 9.78. The van der Waals surface area contributed by atoms with Crippen LogP contribution in [0.5, 0.6) is 11.5 Å². The van der Waals surface area contributed by atoms with E-state index in [9.17, 15) is 9.59 Å². The van der Waals surface area contributed by atoms with Gasteiger partial charge >= 0.3 is 0 Å². The first-order chi connectivity index (χ1) is 13.7. The Bertz CT molecular complexity index is 841. The summed E-state index contributed by atoms with van der Waals surface area (Å²) in [6, 6.07) is 8.71. The number of methoxy groups -OCH3 is 1. The Kier molecular flexibility index (Phi) is 7.70. The maximum Gasteiger partial charge on any atom is 0.258 e. The van der Waals surface area contributed by atoms with Crippen molar-refractivity contribution in [3.63, 3.8) is 0 Å². The molecule has 0 aliphatic rings. The smallest absolute Gasteiger partial charge is 0.258 e. The molecule has 0 unspecified atom stereocenters. The van der Waals surface area contributed by atoms with Crippen LogP contribution in [0.2, 0.25) is 0 Å². The average Bonchev–Trinajstić information content (AvgIpc) is 3.08. The second kappa shape index (κ2) is 10.0. The predicted molar refractivity (Wildman–Crippen MR) is 110 cm³/mol. The summed E-state index contributed by atoms with van der Waals surface area (Å²) in [5.74, 6) is 1.97. The minimum Gasteiger partial charge on any atom is -0.493 e. The molecule has 7 heteroatoms. The Morgan fingerprint density at radius 1 is 1.10 bits per heavy atom. The standard InChI is InChI=1S/C22H30N2O5/c1-14(2)23-21(25)13-28-19-10-8-17(11-20(19)27-6)22(26)24(15(3)4)12-18-9-7-16(5)29-18/h7-11,14-15H,12-13H2,1-6H3,(H,23,25). The molecule has 0 bridgehead atoms. The lowest BCUT2D eigenvalue weighted by Gasteiger charge is -2.26. The summed E-state index contributed by atoms with van der Waals surface area (Å²) >= 11 is 0. The molecule has 158 valence electrons. The molecule has 1 aromatic heterocycles. The maximum atomic E-state index is 13.1. The molecular formula is C22H30N2O5. The van der Waals surface area contributed by atoms with E-state index in [-0.39, 0.29) is 30.5 Å². The van der Waals surface area contributed by atoms with Gasteiger partial charge < -0.3 is 24.1 Å². The molecule has 0 saturated carbocycles. The first-order valence-corrected chi connectivity index (χ1v) is 9.67. The fraction of sp³-hybridized carbons (Fsp3) is 0.455. The van der Waals surface area contributed by atoms with Crippen molar-refractivity contribution in [3.8, 4) is 11.5 Å². The zero-order valence-electron chi connectivity index (χ0n) is 17.9. The number of furan rings is 1. The van der Waals surface area contributed by atoms with Crippen LogP contribution in [-0.2, 0) is 11.3 Å². The van der Waals surface area contributed by atoms with Gasteiger partial charge in [-0.15, -0.1) is 0 Å². The van der Waals surface area contributed by atoms with E-state index in [0.717, 1.165) is 11.5 Å². The molecule has 29 heavy (non-hydrogen) atoms. The third-order valence-corrected chi connectivity index (χ3v) is 4.23. The Hall–Kier alpha value is -2.96. The lowest BCUT2D eigenvalue weighted by Crippen LogP contribution is -2.36. The highest BCUT2D eigenvalue weighted by Gasteiger charge is 2.22. The van der Waals surface area contributed by atoms with Gasteiger partial charge in [-0.3, -0.25) is 9.59 Å². The second-order valence-electron chi connectivity index (χ2n) is 7.42. The number of carbonyl (C=O) groups is 2. The van der Waals surface area contributed by atoms with Gasteiger partial charge in [0.25, 0.3) is 11.8 Å². The number of hydrogen-bond donors (Lipinski definition) is 1. The summed E-state index contributed by atoms with van der Waals surface area (Å²) in [5.41, 5.74) is 0.470. The lowest BCUT2D eigenvalue weighted by atomic mass is 10.1. The van der Waals surface area contributed by atoms with E-state index >= 15 is 0 Å². The van der Waals surface area contributed by atoms with Gasteiger partial charge in [0.2, 0.25) is 0 Å². The number of carbonyl (C=O) groups excluding carboxylic acids is 2. The van der Waals surface area contributed by atoms with Crippen molar-refractivity contribution >= 4 is 11.8 Å². The van der Waals surface area contributed by atoms with Crippen LogP contribution in [0, 0.1) is 6.92 Å². The van der Waals surface area contributed by atoms with Crippen LogP contribution in [0.25, 0.3) is 0 Å². The van der Waals surface area contributed by atoms with Crippen LogP contribution in [0.3, 0.4) is 0 Å².